The van der Waals surface area contributed by atoms with E-state index in [9.17, 15) is 24.0 Å². The summed E-state index contributed by atoms with van der Waals surface area (Å²) < 4.78 is 15.7. The van der Waals surface area contributed by atoms with Gasteiger partial charge in [-0.15, -0.1) is 0 Å². The van der Waals surface area contributed by atoms with Gasteiger partial charge in [0, 0.05) is 34.2 Å². The van der Waals surface area contributed by atoms with Crippen LogP contribution in [0.5, 0.6) is 0 Å². The van der Waals surface area contributed by atoms with Gasteiger partial charge in [0.25, 0.3) is 0 Å². The normalized spacial score (nSPS) is 12.7. The first-order chi connectivity index (χ1) is 30.2. The van der Waals surface area contributed by atoms with E-state index in [-0.39, 0.29) is 66.5 Å². The van der Waals surface area contributed by atoms with E-state index in [0.29, 0.717) is 13.0 Å². The molecule has 64 heavy (non-hydrogen) atoms. The molecule has 0 aliphatic carbocycles. The molecule has 0 saturated carbocycles. The number of methoxy groups -OCH3 is 2. The summed E-state index contributed by atoms with van der Waals surface area (Å²) in [6.07, 6.45) is 7.93. The number of aldehydes is 1. The first kappa shape index (κ1) is 72.0. The molecule has 0 radical (unpaired) electrons. The van der Waals surface area contributed by atoms with Gasteiger partial charge >= 0.3 is 5.97 Å². The summed E-state index contributed by atoms with van der Waals surface area (Å²) >= 11 is 0. The molecule has 0 aliphatic rings. The maximum Gasteiger partial charge on any atom is 0.324 e. The van der Waals surface area contributed by atoms with Crippen LogP contribution in [0, 0.1) is 30.6 Å². The lowest BCUT2D eigenvalue weighted by Crippen LogP contribution is -2.52. The number of likely N-dealkylation sites (N-methyl/N-ethyl adjacent to an activating group) is 3. The van der Waals surface area contributed by atoms with Crippen LogP contribution in [0.15, 0.2) is 43.2 Å². The van der Waals surface area contributed by atoms with Crippen LogP contribution in [0.2, 0.25) is 0 Å². The van der Waals surface area contributed by atoms with Gasteiger partial charge in [-0.2, -0.15) is 0 Å². The van der Waals surface area contributed by atoms with Crippen molar-refractivity contribution < 1.29 is 38.2 Å². The summed E-state index contributed by atoms with van der Waals surface area (Å²) in [6, 6.07) is 9.85. The molecule has 0 fully saturated rings. The van der Waals surface area contributed by atoms with E-state index >= 15 is 0 Å². The number of nitrogens with one attached hydrogen (secondary N) is 2. The summed E-state index contributed by atoms with van der Waals surface area (Å²) in [5.41, 5.74) is 6.37. The minimum absolute atomic E-state index is 0.0574. The quantitative estimate of drug-likeness (QED) is 0.0416. The topological polar surface area (TPSA) is 170 Å². The van der Waals surface area contributed by atoms with E-state index in [1.807, 2.05) is 59.7 Å². The maximum absolute atomic E-state index is 13.4. The second kappa shape index (κ2) is 50.4. The molecule has 378 valence electrons. The number of esters is 1. The minimum Gasteiger partial charge on any atom is -0.434 e. The van der Waals surface area contributed by atoms with Crippen molar-refractivity contribution >= 4 is 30.0 Å². The molecule has 4 N–H and O–H groups in total. The van der Waals surface area contributed by atoms with Gasteiger partial charge in [-0.3, -0.25) is 19.2 Å². The number of nitrogens with zero attached hydrogens (tertiary/aromatic N) is 2. The Labute approximate surface area is 393 Å². The molecule has 0 heterocycles. The number of unbranched alkanes of at least 4 members (excludes halogenated alkanes) is 2. The summed E-state index contributed by atoms with van der Waals surface area (Å²) in [6.45, 7) is 34.6. The number of hydrogen-bond donors (Lipinski definition) is 3. The molecule has 0 bridgehead atoms. The fraction of sp³-hybridized carbons (Fsp3) is 0.745. The average Bonchev–Trinajstić information content (AvgIpc) is 3.26. The van der Waals surface area contributed by atoms with Gasteiger partial charge in [0.1, 0.15) is 12.5 Å². The van der Waals surface area contributed by atoms with Gasteiger partial charge in [0.2, 0.25) is 17.7 Å². The first-order valence-electron chi connectivity index (χ1n) is 23.7. The Morgan fingerprint density at radius 1 is 0.828 bits per heavy atom. The monoisotopic (exact) mass is 912 g/mol. The van der Waals surface area contributed by atoms with Crippen molar-refractivity contribution in [3.63, 3.8) is 0 Å². The number of primary amides is 1. The summed E-state index contributed by atoms with van der Waals surface area (Å²) in [7, 11) is 8.32. The summed E-state index contributed by atoms with van der Waals surface area (Å²) in [5.74, 6) is -0.419. The second-order valence-electron chi connectivity index (χ2n) is 16.0. The number of benzene rings is 1. The molecule has 1 aromatic carbocycles. The van der Waals surface area contributed by atoms with E-state index in [1.165, 1.54) is 31.9 Å². The fourth-order valence-electron chi connectivity index (χ4n) is 5.56. The van der Waals surface area contributed by atoms with Gasteiger partial charge in [0.05, 0.1) is 43.3 Å². The second-order valence-corrected chi connectivity index (χ2v) is 16.0. The lowest BCUT2D eigenvalue weighted by atomic mass is 9.90. The Hall–Kier alpha value is -3.65. The molecule has 0 spiro atoms. The predicted molar refractivity (Wildman–Crippen MR) is 270 cm³/mol. The largest absolute Gasteiger partial charge is 0.434 e. The Kier molecular flexibility index (Phi) is 56.6. The number of aryl methyl sites for hydroxylation is 1. The SMILES string of the molecule is C=COC(=O)CNC.CC.CCC.CCCC.CCCCN(C(=O)CC(OC)C(C(C)CC)N(C)C(=O)CC(C)C)C(OC)C(C)C=O.CNC(C(N)=O)C(C)C.Cc1ccccc1. The third-order valence-corrected chi connectivity index (χ3v) is 9.26. The van der Waals surface area contributed by atoms with Crippen molar-refractivity contribution in [2.45, 2.75) is 180 Å². The highest BCUT2D eigenvalue weighted by atomic mass is 16.5. The zero-order valence-corrected chi connectivity index (χ0v) is 44.7. The van der Waals surface area contributed by atoms with Crippen LogP contribution < -0.4 is 16.4 Å². The van der Waals surface area contributed by atoms with Gasteiger partial charge < -0.3 is 45.2 Å². The highest BCUT2D eigenvalue weighted by Crippen LogP contribution is 2.24. The predicted octanol–water partition coefficient (Wildman–Crippen LogP) is 9.60. The number of ether oxygens (including phenoxy) is 3. The average molecular weight is 912 g/mol. The molecule has 0 aromatic heterocycles. The van der Waals surface area contributed by atoms with Crippen molar-refractivity contribution in [3.05, 3.63) is 48.7 Å². The van der Waals surface area contributed by atoms with Crippen molar-refractivity contribution in [2.24, 2.45) is 29.4 Å². The lowest BCUT2D eigenvalue weighted by molar-refractivity contribution is -0.155. The zero-order valence-electron chi connectivity index (χ0n) is 44.7. The smallest absolute Gasteiger partial charge is 0.324 e. The highest BCUT2D eigenvalue weighted by molar-refractivity contribution is 5.80. The van der Waals surface area contributed by atoms with E-state index in [4.69, 9.17) is 15.2 Å². The number of amides is 3. The molecule has 6 unspecified atom stereocenters. The molecule has 1 rings (SSSR count). The van der Waals surface area contributed by atoms with Crippen LogP contribution in [0.1, 0.15) is 154 Å². The zero-order chi connectivity index (χ0) is 51.2. The molecule has 0 saturated heterocycles. The Morgan fingerprint density at radius 3 is 1.62 bits per heavy atom. The van der Waals surface area contributed by atoms with Crippen LogP contribution >= 0.6 is 0 Å². The van der Waals surface area contributed by atoms with Gasteiger partial charge in [0.15, 0.2) is 0 Å². The van der Waals surface area contributed by atoms with Crippen molar-refractivity contribution in [1.29, 1.82) is 0 Å². The van der Waals surface area contributed by atoms with Crippen molar-refractivity contribution in [3.8, 4) is 0 Å². The van der Waals surface area contributed by atoms with Crippen molar-refractivity contribution in [2.75, 3.05) is 48.5 Å². The minimum atomic E-state index is -0.614. The Bertz CT molecular complexity index is 1230. The van der Waals surface area contributed by atoms with E-state index in [0.717, 1.165) is 31.8 Å². The van der Waals surface area contributed by atoms with Gasteiger partial charge in [-0.1, -0.05) is 172 Å². The van der Waals surface area contributed by atoms with E-state index in [1.54, 1.807) is 45.0 Å². The summed E-state index contributed by atoms with van der Waals surface area (Å²) in [5, 5.41) is 5.46. The number of rotatable bonds is 23. The molecule has 13 heteroatoms. The van der Waals surface area contributed by atoms with Crippen LogP contribution in [-0.4, -0.2) is 113 Å². The molecular formula is C51H101N5O8. The number of carbonyl (C=O) groups is 5. The van der Waals surface area contributed by atoms with Crippen LogP contribution in [0.25, 0.3) is 0 Å². The molecule has 6 atom stereocenters. The van der Waals surface area contributed by atoms with Crippen LogP contribution in [0.3, 0.4) is 0 Å². The standard InChI is InChI=1S/C24H46N2O5.C7H8.C6H14N2O.C5H9NO2.C4H10.C3H8.C2H6/c1-10-12-13-26(24(31-9)19(6)16-27)22(29)15-20(30-8)23(18(5)11-2)25(7)21(28)14-17(3)4;1-7-5-3-2-4-6-7;1-4(2)5(8-3)6(7)9;1-3-8-5(7)4-6-2;1-3-4-2;1-3-2;1-2/h16-20,23-24H,10-15H2,1-9H3;2-6H,1H3;4-5,8H,1-3H3,(H2,7,9);3,6H,1,4H2,2H3;3-4H2,1-2H3;3H2,1-2H3;1-2H3. The first-order valence-corrected chi connectivity index (χ1v) is 23.7. The summed E-state index contributed by atoms with van der Waals surface area (Å²) in [4.78, 5) is 61.8. The van der Waals surface area contributed by atoms with Crippen LogP contribution in [-0.2, 0) is 38.2 Å². The van der Waals surface area contributed by atoms with E-state index in [2.05, 4.69) is 89.5 Å². The molecule has 3 amide bonds. The lowest BCUT2D eigenvalue weighted by Gasteiger charge is -2.39. The van der Waals surface area contributed by atoms with E-state index < -0.39 is 18.2 Å². The molecule has 0 aliphatic heterocycles. The number of carbonyl (C=O) groups excluding carboxylic acids is 5. The van der Waals surface area contributed by atoms with Crippen molar-refractivity contribution in [1.82, 2.24) is 20.4 Å². The highest BCUT2D eigenvalue weighted by Gasteiger charge is 2.36. The van der Waals surface area contributed by atoms with Crippen LogP contribution in [0.4, 0.5) is 0 Å². The van der Waals surface area contributed by atoms with Gasteiger partial charge in [-0.25, -0.2) is 0 Å². The Balaban J connectivity index is -0.000000203. The number of nitrogens with two attached hydrogens (primary N) is 1. The molecule has 13 nitrogen and oxygen atoms in total. The third kappa shape index (κ3) is 39.9. The van der Waals surface area contributed by atoms with Gasteiger partial charge in [-0.05, 0) is 45.2 Å². The fourth-order valence-corrected chi connectivity index (χ4v) is 5.56. The third-order valence-electron chi connectivity index (χ3n) is 9.26. The number of hydrogen-bond acceptors (Lipinski definition) is 10. The molecular weight excluding hydrogens is 811 g/mol. The maximum atomic E-state index is 13.4. The molecule has 1 aromatic rings. The Morgan fingerprint density at radius 2 is 1.34 bits per heavy atom.